The Bertz CT molecular complexity index is 979. The van der Waals surface area contributed by atoms with Crippen molar-refractivity contribution in [3.05, 3.63) is 40.7 Å². The molecule has 0 spiro atoms. The van der Waals surface area contributed by atoms with Crippen LogP contribution in [0.3, 0.4) is 0 Å². The van der Waals surface area contributed by atoms with Crippen LogP contribution in [0.4, 0.5) is 8.78 Å². The standard InChI is InChI=1S/C21H22ClF2N3O4/c1-12-4-5-21(12,18(24)25)31-8-17(29)27-20-9-19(10-20,11-20)26-16(28)7-30-13-2-3-14(22)15(23)6-13/h2-4,6,25H,5,7-11H2,1H3,(H,26,28)(H,27,29). The Hall–Kier alpha value is -2.52. The number of amides is 2. The fourth-order valence-electron chi connectivity index (χ4n) is 4.61. The molecule has 3 N–H and O–H groups in total. The fourth-order valence-corrected chi connectivity index (χ4v) is 4.73. The average Bonchev–Trinajstić information content (AvgIpc) is 2.65. The zero-order chi connectivity index (χ0) is 22.4. The molecule has 0 radical (unpaired) electrons. The third-order valence-electron chi connectivity index (χ3n) is 6.24. The maximum atomic E-state index is 13.5. The van der Waals surface area contributed by atoms with Gasteiger partial charge in [0.2, 0.25) is 11.9 Å². The quantitative estimate of drug-likeness (QED) is 0.395. The van der Waals surface area contributed by atoms with E-state index in [1.54, 1.807) is 13.0 Å². The van der Waals surface area contributed by atoms with Gasteiger partial charge >= 0.3 is 0 Å². The molecule has 4 aliphatic rings. The van der Waals surface area contributed by atoms with Crippen LogP contribution in [0.15, 0.2) is 29.8 Å². The number of rotatable bonds is 9. The molecule has 10 heteroatoms. The van der Waals surface area contributed by atoms with Gasteiger partial charge in [-0.15, -0.1) is 0 Å². The van der Waals surface area contributed by atoms with Gasteiger partial charge in [-0.3, -0.25) is 15.0 Å². The van der Waals surface area contributed by atoms with E-state index in [4.69, 9.17) is 26.5 Å². The highest BCUT2D eigenvalue weighted by molar-refractivity contribution is 6.30. The van der Waals surface area contributed by atoms with Crippen molar-refractivity contribution in [3.8, 4) is 5.75 Å². The van der Waals surface area contributed by atoms with E-state index in [0.29, 0.717) is 24.8 Å². The Labute approximate surface area is 182 Å². The molecule has 31 heavy (non-hydrogen) atoms. The molecular formula is C21H22ClF2N3O4. The molecule has 5 rings (SSSR count). The third-order valence-corrected chi connectivity index (χ3v) is 6.54. The fraction of sp³-hybridized carbons (Fsp3) is 0.476. The maximum absolute atomic E-state index is 13.5. The van der Waals surface area contributed by atoms with Gasteiger partial charge in [-0.2, -0.15) is 4.39 Å². The van der Waals surface area contributed by atoms with Gasteiger partial charge in [0.05, 0.1) is 5.02 Å². The molecule has 7 nitrogen and oxygen atoms in total. The Kier molecular flexibility index (Phi) is 5.29. The van der Waals surface area contributed by atoms with Crippen LogP contribution in [-0.2, 0) is 14.3 Å². The van der Waals surface area contributed by atoms with E-state index in [9.17, 15) is 18.4 Å². The highest BCUT2D eigenvalue weighted by Gasteiger charge is 2.69. The van der Waals surface area contributed by atoms with Crippen LogP contribution in [-0.4, -0.2) is 47.7 Å². The predicted octanol–water partition coefficient (Wildman–Crippen LogP) is 2.82. The largest absolute Gasteiger partial charge is 0.484 e. The highest BCUT2D eigenvalue weighted by Crippen LogP contribution is 2.60. The molecule has 1 aromatic rings. The third kappa shape index (κ3) is 3.92. The van der Waals surface area contributed by atoms with Crippen LogP contribution in [0.1, 0.15) is 32.6 Å². The van der Waals surface area contributed by atoms with Gasteiger partial charge < -0.3 is 20.1 Å². The molecule has 166 valence electrons. The minimum Gasteiger partial charge on any atom is -0.484 e. The molecule has 2 bridgehead atoms. The minimum absolute atomic E-state index is 0.0270. The summed E-state index contributed by atoms with van der Waals surface area (Å²) < 4.78 is 37.6. The summed E-state index contributed by atoms with van der Waals surface area (Å²) in [6, 6.07) is 3.93. The van der Waals surface area contributed by atoms with Crippen LogP contribution >= 0.6 is 11.6 Å². The second kappa shape index (κ2) is 7.56. The maximum Gasteiger partial charge on any atom is 0.258 e. The molecule has 4 aliphatic carbocycles. The summed E-state index contributed by atoms with van der Waals surface area (Å²) in [5, 5.41) is 13.0. The topological polar surface area (TPSA) is 101 Å². The SMILES string of the molecule is CC1=CCC1(OCC(=O)NC12CC(NC(=O)COc3ccc(Cl)c(F)c3)(C1)C2)C(=N)F. The highest BCUT2D eigenvalue weighted by atomic mass is 35.5. The monoisotopic (exact) mass is 453 g/mol. The lowest BCUT2D eigenvalue weighted by atomic mass is 9.44. The summed E-state index contributed by atoms with van der Waals surface area (Å²) in [7, 11) is 0. The van der Waals surface area contributed by atoms with Gasteiger partial charge in [-0.05, 0) is 43.9 Å². The Morgan fingerprint density at radius 3 is 2.26 bits per heavy atom. The van der Waals surface area contributed by atoms with Gasteiger partial charge in [-0.25, -0.2) is 4.39 Å². The Balaban J connectivity index is 1.18. The number of halogens is 3. The molecule has 1 atom stereocenters. The van der Waals surface area contributed by atoms with Crippen LogP contribution in [0.25, 0.3) is 0 Å². The van der Waals surface area contributed by atoms with Gasteiger partial charge in [0, 0.05) is 23.6 Å². The molecular weight excluding hydrogens is 432 g/mol. The first-order valence-electron chi connectivity index (χ1n) is 9.83. The second-order valence-electron chi connectivity index (χ2n) is 8.57. The number of benzene rings is 1. The van der Waals surface area contributed by atoms with E-state index >= 15 is 0 Å². The molecule has 2 amide bonds. The molecule has 0 heterocycles. The van der Waals surface area contributed by atoms with Crippen molar-refractivity contribution in [2.24, 2.45) is 0 Å². The molecule has 1 aromatic carbocycles. The van der Waals surface area contributed by atoms with E-state index in [1.165, 1.54) is 12.1 Å². The normalized spacial score (nSPS) is 30.1. The lowest BCUT2D eigenvalue weighted by molar-refractivity contribution is -0.154. The molecule has 3 fully saturated rings. The molecule has 0 aliphatic heterocycles. The second-order valence-corrected chi connectivity index (χ2v) is 8.98. The summed E-state index contributed by atoms with van der Waals surface area (Å²) >= 11 is 5.61. The van der Waals surface area contributed by atoms with E-state index in [2.05, 4.69) is 10.6 Å². The molecule has 1 unspecified atom stereocenters. The van der Waals surface area contributed by atoms with Gasteiger partial charge in [0.25, 0.3) is 5.91 Å². The number of hydrogen-bond acceptors (Lipinski definition) is 5. The zero-order valence-electron chi connectivity index (χ0n) is 16.8. The number of carbonyl (C=O) groups excluding carboxylic acids is 2. The van der Waals surface area contributed by atoms with Crippen LogP contribution in [0, 0.1) is 11.2 Å². The number of nitrogens with one attached hydrogen (secondary N) is 3. The van der Waals surface area contributed by atoms with Crippen molar-refractivity contribution in [1.82, 2.24) is 10.6 Å². The lowest BCUT2D eigenvalue weighted by Crippen LogP contribution is -2.84. The number of carbonyl (C=O) groups is 2. The van der Waals surface area contributed by atoms with E-state index in [0.717, 1.165) is 6.07 Å². The minimum atomic E-state index is -1.40. The number of ether oxygens (including phenoxy) is 2. The Morgan fingerprint density at radius 2 is 1.77 bits per heavy atom. The van der Waals surface area contributed by atoms with E-state index in [-0.39, 0.29) is 47.8 Å². The van der Waals surface area contributed by atoms with E-state index in [1.807, 2.05) is 0 Å². The number of hydrogen-bond donors (Lipinski definition) is 3. The van der Waals surface area contributed by atoms with Crippen molar-refractivity contribution in [2.45, 2.75) is 49.3 Å². The van der Waals surface area contributed by atoms with Crippen LogP contribution in [0.2, 0.25) is 5.02 Å². The Morgan fingerprint density at radius 1 is 1.16 bits per heavy atom. The summed E-state index contributed by atoms with van der Waals surface area (Å²) in [5.74, 6) is -2.24. The van der Waals surface area contributed by atoms with Crippen molar-refractivity contribution >= 4 is 29.4 Å². The zero-order valence-corrected chi connectivity index (χ0v) is 17.6. The van der Waals surface area contributed by atoms with Gasteiger partial charge in [0.1, 0.15) is 18.2 Å². The van der Waals surface area contributed by atoms with Crippen LogP contribution in [0.5, 0.6) is 5.75 Å². The molecule has 0 aromatic heterocycles. The average molecular weight is 454 g/mol. The van der Waals surface area contributed by atoms with Crippen molar-refractivity contribution in [3.63, 3.8) is 0 Å². The first-order valence-corrected chi connectivity index (χ1v) is 10.2. The summed E-state index contributed by atoms with van der Waals surface area (Å²) in [4.78, 5) is 24.4. The molecule has 3 saturated carbocycles. The van der Waals surface area contributed by atoms with Gasteiger partial charge in [-0.1, -0.05) is 17.7 Å². The van der Waals surface area contributed by atoms with Gasteiger partial charge in [0.15, 0.2) is 12.2 Å². The molecule has 0 saturated heterocycles. The summed E-state index contributed by atoms with van der Waals surface area (Å²) in [5.41, 5.74) is -1.59. The summed E-state index contributed by atoms with van der Waals surface area (Å²) in [6.07, 6.45) is 3.74. The van der Waals surface area contributed by atoms with E-state index < -0.39 is 22.9 Å². The summed E-state index contributed by atoms with van der Waals surface area (Å²) in [6.45, 7) is 1.06. The first-order chi connectivity index (χ1) is 14.6. The predicted molar refractivity (Wildman–Crippen MR) is 108 cm³/mol. The first kappa shape index (κ1) is 21.7. The van der Waals surface area contributed by atoms with Crippen LogP contribution < -0.4 is 15.4 Å². The van der Waals surface area contributed by atoms with Crippen molar-refractivity contribution in [2.75, 3.05) is 13.2 Å². The lowest BCUT2D eigenvalue weighted by Gasteiger charge is -2.70. The van der Waals surface area contributed by atoms with Crippen molar-refractivity contribution < 1.29 is 27.8 Å². The van der Waals surface area contributed by atoms with Crippen molar-refractivity contribution in [1.29, 1.82) is 5.41 Å². The smallest absolute Gasteiger partial charge is 0.258 e.